The van der Waals surface area contributed by atoms with Crippen molar-refractivity contribution >= 4 is 5.96 Å². The maximum Gasteiger partial charge on any atom is 0.218 e. The Bertz CT molecular complexity index is 531. The van der Waals surface area contributed by atoms with Crippen LogP contribution in [-0.4, -0.2) is 55.2 Å². The van der Waals surface area contributed by atoms with Crippen LogP contribution in [0.1, 0.15) is 58.9 Å². The van der Waals surface area contributed by atoms with E-state index in [0.717, 1.165) is 50.4 Å². The summed E-state index contributed by atoms with van der Waals surface area (Å²) in [5.41, 5.74) is 1.05. The molecule has 1 unspecified atom stereocenters. The van der Waals surface area contributed by atoms with Crippen molar-refractivity contribution in [3.63, 3.8) is 0 Å². The SMILES string of the molecule is CCCCOc1ncccc1CNC(=NC)NC(C)CCCN(CC)CC. The maximum atomic E-state index is 5.81. The second kappa shape index (κ2) is 14.3. The molecule has 154 valence electrons. The zero-order valence-corrected chi connectivity index (χ0v) is 17.9. The number of aromatic nitrogens is 1. The summed E-state index contributed by atoms with van der Waals surface area (Å²) in [6.07, 6.45) is 6.23. The van der Waals surface area contributed by atoms with Gasteiger partial charge < -0.3 is 20.3 Å². The molecular weight excluding hydrogens is 338 g/mol. The van der Waals surface area contributed by atoms with Crippen LogP contribution in [0.2, 0.25) is 0 Å². The van der Waals surface area contributed by atoms with Crippen molar-refractivity contribution in [1.29, 1.82) is 0 Å². The highest BCUT2D eigenvalue weighted by Gasteiger charge is 2.09. The van der Waals surface area contributed by atoms with E-state index >= 15 is 0 Å². The molecule has 6 heteroatoms. The molecule has 1 atom stereocenters. The maximum absolute atomic E-state index is 5.81. The van der Waals surface area contributed by atoms with Gasteiger partial charge in [-0.1, -0.05) is 33.3 Å². The van der Waals surface area contributed by atoms with Crippen LogP contribution in [0, 0.1) is 0 Å². The van der Waals surface area contributed by atoms with Gasteiger partial charge in [0, 0.05) is 31.4 Å². The second-order valence-electron chi connectivity index (χ2n) is 6.81. The molecule has 0 saturated carbocycles. The zero-order valence-electron chi connectivity index (χ0n) is 17.9. The first-order chi connectivity index (χ1) is 13.1. The number of aliphatic imine (C=N–C) groups is 1. The number of nitrogens with zero attached hydrogens (tertiary/aromatic N) is 3. The van der Waals surface area contributed by atoms with E-state index in [1.54, 1.807) is 13.2 Å². The van der Waals surface area contributed by atoms with Gasteiger partial charge in [0.05, 0.1) is 6.61 Å². The third-order valence-electron chi connectivity index (χ3n) is 4.65. The number of unbranched alkanes of at least 4 members (excludes halogenated alkanes) is 1. The molecule has 0 aromatic carbocycles. The Labute approximate surface area is 165 Å². The van der Waals surface area contributed by atoms with Gasteiger partial charge in [-0.05, 0) is 51.9 Å². The number of hydrogen-bond donors (Lipinski definition) is 2. The molecule has 0 saturated heterocycles. The highest BCUT2D eigenvalue weighted by atomic mass is 16.5. The zero-order chi connectivity index (χ0) is 19.9. The molecule has 0 radical (unpaired) electrons. The minimum atomic E-state index is 0.376. The number of hydrogen-bond acceptors (Lipinski definition) is 4. The summed E-state index contributed by atoms with van der Waals surface area (Å²) in [6, 6.07) is 4.36. The van der Waals surface area contributed by atoms with Crippen molar-refractivity contribution in [2.24, 2.45) is 4.99 Å². The third kappa shape index (κ3) is 9.61. The summed E-state index contributed by atoms with van der Waals surface area (Å²) in [6.45, 7) is 13.5. The summed E-state index contributed by atoms with van der Waals surface area (Å²) in [5, 5.41) is 6.86. The molecule has 27 heavy (non-hydrogen) atoms. The summed E-state index contributed by atoms with van der Waals surface area (Å²) < 4.78 is 5.81. The quantitative estimate of drug-likeness (QED) is 0.313. The highest BCUT2D eigenvalue weighted by Crippen LogP contribution is 2.14. The first kappa shape index (κ1) is 23.2. The molecule has 0 bridgehead atoms. The molecule has 1 heterocycles. The number of ether oxygens (including phenoxy) is 1. The molecule has 0 amide bonds. The summed E-state index contributed by atoms with van der Waals surface area (Å²) in [5.74, 6) is 1.52. The predicted molar refractivity (Wildman–Crippen MR) is 114 cm³/mol. The highest BCUT2D eigenvalue weighted by molar-refractivity contribution is 5.79. The van der Waals surface area contributed by atoms with E-state index in [1.165, 1.54) is 6.42 Å². The predicted octanol–water partition coefficient (Wildman–Crippen LogP) is 3.44. The van der Waals surface area contributed by atoms with E-state index in [2.05, 4.69) is 53.2 Å². The number of guanidine groups is 1. The molecule has 0 aliphatic rings. The van der Waals surface area contributed by atoms with E-state index in [-0.39, 0.29) is 0 Å². The lowest BCUT2D eigenvalue weighted by Crippen LogP contribution is -2.42. The van der Waals surface area contributed by atoms with Crippen LogP contribution in [-0.2, 0) is 6.54 Å². The molecule has 1 aromatic rings. The smallest absolute Gasteiger partial charge is 0.218 e. The normalized spacial score (nSPS) is 12.9. The van der Waals surface area contributed by atoms with Gasteiger partial charge in [0.15, 0.2) is 5.96 Å². The van der Waals surface area contributed by atoms with Gasteiger partial charge in [0.2, 0.25) is 5.88 Å². The number of rotatable bonds is 13. The molecule has 0 spiro atoms. The van der Waals surface area contributed by atoms with Crippen molar-refractivity contribution in [2.45, 2.75) is 66.0 Å². The van der Waals surface area contributed by atoms with Crippen molar-refractivity contribution in [2.75, 3.05) is 33.3 Å². The van der Waals surface area contributed by atoms with Crippen molar-refractivity contribution in [3.05, 3.63) is 23.9 Å². The topological polar surface area (TPSA) is 61.8 Å². The van der Waals surface area contributed by atoms with E-state index in [0.29, 0.717) is 25.1 Å². The molecule has 0 fully saturated rings. The van der Waals surface area contributed by atoms with Crippen LogP contribution in [0.3, 0.4) is 0 Å². The Balaban J connectivity index is 2.43. The van der Waals surface area contributed by atoms with Crippen LogP contribution in [0.25, 0.3) is 0 Å². The van der Waals surface area contributed by atoms with Gasteiger partial charge in [-0.3, -0.25) is 4.99 Å². The second-order valence-corrected chi connectivity index (χ2v) is 6.81. The van der Waals surface area contributed by atoms with E-state index in [4.69, 9.17) is 4.74 Å². The molecular formula is C21H39N5O. The van der Waals surface area contributed by atoms with Crippen LogP contribution < -0.4 is 15.4 Å². The average molecular weight is 378 g/mol. The summed E-state index contributed by atoms with van der Waals surface area (Å²) in [7, 11) is 1.81. The lowest BCUT2D eigenvalue weighted by molar-refractivity contribution is 0.292. The van der Waals surface area contributed by atoms with Crippen LogP contribution in [0.5, 0.6) is 5.88 Å². The van der Waals surface area contributed by atoms with E-state index < -0.39 is 0 Å². The van der Waals surface area contributed by atoms with Crippen molar-refractivity contribution < 1.29 is 4.74 Å². The molecule has 0 aliphatic carbocycles. The fourth-order valence-corrected chi connectivity index (χ4v) is 2.84. The summed E-state index contributed by atoms with van der Waals surface area (Å²) >= 11 is 0. The van der Waals surface area contributed by atoms with Gasteiger partial charge in [-0.2, -0.15) is 0 Å². The fourth-order valence-electron chi connectivity index (χ4n) is 2.84. The molecule has 2 N–H and O–H groups in total. The molecule has 1 rings (SSSR count). The lowest BCUT2D eigenvalue weighted by atomic mass is 10.2. The van der Waals surface area contributed by atoms with E-state index in [9.17, 15) is 0 Å². The van der Waals surface area contributed by atoms with Gasteiger partial charge in [-0.15, -0.1) is 0 Å². The van der Waals surface area contributed by atoms with Gasteiger partial charge in [-0.25, -0.2) is 4.98 Å². The molecule has 0 aliphatic heterocycles. The van der Waals surface area contributed by atoms with Crippen LogP contribution in [0.4, 0.5) is 0 Å². The standard InChI is InChI=1S/C21H39N5O/c1-6-9-16-27-20-19(13-10-14-23-20)17-24-21(22-5)25-18(4)12-11-15-26(7-2)8-3/h10,13-14,18H,6-9,11-12,15-17H2,1-5H3,(H2,22,24,25). The first-order valence-corrected chi connectivity index (χ1v) is 10.4. The minimum absolute atomic E-state index is 0.376. The van der Waals surface area contributed by atoms with Gasteiger partial charge in [0.1, 0.15) is 0 Å². The van der Waals surface area contributed by atoms with Crippen molar-refractivity contribution in [1.82, 2.24) is 20.5 Å². The summed E-state index contributed by atoms with van der Waals surface area (Å²) in [4.78, 5) is 11.2. The Hall–Kier alpha value is -1.82. The molecule has 1 aromatic heterocycles. The van der Waals surface area contributed by atoms with Gasteiger partial charge in [0.25, 0.3) is 0 Å². The van der Waals surface area contributed by atoms with Gasteiger partial charge >= 0.3 is 0 Å². The monoisotopic (exact) mass is 377 g/mol. The Morgan fingerprint density at radius 1 is 1.26 bits per heavy atom. The number of pyridine rings is 1. The Morgan fingerprint density at radius 3 is 2.70 bits per heavy atom. The largest absolute Gasteiger partial charge is 0.477 e. The van der Waals surface area contributed by atoms with Crippen molar-refractivity contribution in [3.8, 4) is 5.88 Å². The van der Waals surface area contributed by atoms with E-state index in [1.807, 2.05) is 12.1 Å². The lowest BCUT2D eigenvalue weighted by Gasteiger charge is -2.21. The average Bonchev–Trinajstić information content (AvgIpc) is 2.69. The minimum Gasteiger partial charge on any atom is -0.477 e. The number of nitrogens with one attached hydrogen (secondary N) is 2. The third-order valence-corrected chi connectivity index (χ3v) is 4.65. The fraction of sp³-hybridized carbons (Fsp3) is 0.714. The van der Waals surface area contributed by atoms with Crippen LogP contribution in [0.15, 0.2) is 23.3 Å². The van der Waals surface area contributed by atoms with Crippen LogP contribution >= 0.6 is 0 Å². The Morgan fingerprint density at radius 2 is 2.04 bits per heavy atom. The Kier molecular flexibility index (Phi) is 12.3. The molecule has 6 nitrogen and oxygen atoms in total. The first-order valence-electron chi connectivity index (χ1n) is 10.4.